The van der Waals surface area contributed by atoms with Gasteiger partial charge < -0.3 is 11.1 Å². The van der Waals surface area contributed by atoms with Crippen molar-refractivity contribution in [3.05, 3.63) is 71.8 Å². The number of aryl methyl sites for hydroxylation is 1. The molecule has 0 saturated carbocycles. The summed E-state index contributed by atoms with van der Waals surface area (Å²) in [7, 11) is -3.42. The maximum Gasteiger partial charge on any atom is 0.235 e. The second-order valence-corrected chi connectivity index (χ2v) is 8.19. The highest BCUT2D eigenvalue weighted by Crippen LogP contribution is 2.08. The van der Waals surface area contributed by atoms with Crippen molar-refractivity contribution in [2.45, 2.75) is 18.9 Å². The van der Waals surface area contributed by atoms with E-state index in [0.717, 1.165) is 11.1 Å². The summed E-state index contributed by atoms with van der Waals surface area (Å²) in [6.45, 7) is 0.211. The standard InChI is InChI=1S/C19H24N2O3S/c20-18(17-11-5-2-6-12-17)14-21-19(22)15-25(23,24)13-7-10-16-8-3-1-4-9-16/h1-6,8-9,11-12,18H,7,10,13-15,20H2,(H,21,22). The van der Waals surface area contributed by atoms with E-state index < -0.39 is 21.5 Å². The van der Waals surface area contributed by atoms with Crippen molar-refractivity contribution < 1.29 is 13.2 Å². The number of hydrogen-bond donors (Lipinski definition) is 2. The summed E-state index contributed by atoms with van der Waals surface area (Å²) in [5, 5.41) is 2.60. The molecule has 25 heavy (non-hydrogen) atoms. The molecule has 134 valence electrons. The maximum absolute atomic E-state index is 12.1. The van der Waals surface area contributed by atoms with E-state index in [0.29, 0.717) is 12.8 Å². The molecule has 3 N–H and O–H groups in total. The molecule has 0 radical (unpaired) electrons. The van der Waals surface area contributed by atoms with Crippen molar-refractivity contribution in [3.63, 3.8) is 0 Å². The number of rotatable bonds is 9. The number of amides is 1. The number of sulfone groups is 1. The van der Waals surface area contributed by atoms with Crippen molar-refractivity contribution in [2.24, 2.45) is 5.73 Å². The average Bonchev–Trinajstić information content (AvgIpc) is 2.61. The largest absolute Gasteiger partial charge is 0.353 e. The summed E-state index contributed by atoms with van der Waals surface area (Å²) in [5.41, 5.74) is 7.98. The molecule has 2 aromatic carbocycles. The number of nitrogens with one attached hydrogen (secondary N) is 1. The summed E-state index contributed by atoms with van der Waals surface area (Å²) in [4.78, 5) is 11.9. The Morgan fingerprint density at radius 3 is 2.24 bits per heavy atom. The van der Waals surface area contributed by atoms with E-state index in [9.17, 15) is 13.2 Å². The Balaban J connectivity index is 1.73. The highest BCUT2D eigenvalue weighted by molar-refractivity contribution is 7.92. The number of carbonyl (C=O) groups is 1. The van der Waals surface area contributed by atoms with Crippen LogP contribution < -0.4 is 11.1 Å². The zero-order valence-corrected chi connectivity index (χ0v) is 14.9. The lowest BCUT2D eigenvalue weighted by molar-refractivity contribution is -0.118. The Morgan fingerprint density at radius 2 is 1.60 bits per heavy atom. The Kier molecular flexibility index (Phi) is 7.16. The van der Waals surface area contributed by atoms with Gasteiger partial charge in [-0.05, 0) is 24.0 Å². The van der Waals surface area contributed by atoms with Crippen LogP contribution in [0.4, 0.5) is 0 Å². The third kappa shape index (κ3) is 7.07. The molecular formula is C19H24N2O3S. The van der Waals surface area contributed by atoms with E-state index >= 15 is 0 Å². The molecular weight excluding hydrogens is 336 g/mol. The van der Waals surface area contributed by atoms with E-state index in [1.807, 2.05) is 60.7 Å². The van der Waals surface area contributed by atoms with Crippen molar-refractivity contribution in [2.75, 3.05) is 18.1 Å². The lowest BCUT2D eigenvalue weighted by Gasteiger charge is -2.13. The molecule has 0 aliphatic rings. The minimum atomic E-state index is -3.42. The van der Waals surface area contributed by atoms with Crippen LogP contribution in [0.3, 0.4) is 0 Å². The molecule has 0 saturated heterocycles. The van der Waals surface area contributed by atoms with Crippen molar-refractivity contribution in [1.29, 1.82) is 0 Å². The lowest BCUT2D eigenvalue weighted by Crippen LogP contribution is -2.36. The summed E-state index contributed by atoms with van der Waals surface area (Å²) in [5.74, 6) is -1.00. The predicted octanol–water partition coefficient (Wildman–Crippen LogP) is 1.85. The van der Waals surface area contributed by atoms with E-state index in [1.165, 1.54) is 0 Å². The summed E-state index contributed by atoms with van der Waals surface area (Å²) in [6.07, 6.45) is 1.18. The molecule has 6 heteroatoms. The van der Waals surface area contributed by atoms with Crippen LogP contribution in [-0.2, 0) is 21.1 Å². The Hall–Kier alpha value is -2.18. The van der Waals surface area contributed by atoms with Gasteiger partial charge in [0.25, 0.3) is 0 Å². The SMILES string of the molecule is NC(CNC(=O)CS(=O)(=O)CCCc1ccccc1)c1ccccc1. The highest BCUT2D eigenvalue weighted by atomic mass is 32.2. The smallest absolute Gasteiger partial charge is 0.235 e. The number of carbonyl (C=O) groups excluding carboxylic acids is 1. The van der Waals surface area contributed by atoms with Gasteiger partial charge >= 0.3 is 0 Å². The molecule has 1 unspecified atom stereocenters. The third-order valence-electron chi connectivity index (χ3n) is 3.86. The summed E-state index contributed by atoms with van der Waals surface area (Å²) < 4.78 is 24.1. The van der Waals surface area contributed by atoms with Crippen molar-refractivity contribution >= 4 is 15.7 Å². The first kappa shape index (κ1) is 19.1. The fourth-order valence-electron chi connectivity index (χ4n) is 2.51. The van der Waals surface area contributed by atoms with Crippen LogP contribution in [0.15, 0.2) is 60.7 Å². The van der Waals surface area contributed by atoms with Gasteiger partial charge in [0.15, 0.2) is 9.84 Å². The van der Waals surface area contributed by atoms with Gasteiger partial charge in [-0.3, -0.25) is 4.79 Å². The molecule has 0 aliphatic heterocycles. The normalized spacial score (nSPS) is 12.5. The second kappa shape index (κ2) is 9.34. The summed E-state index contributed by atoms with van der Waals surface area (Å²) >= 11 is 0. The maximum atomic E-state index is 12.1. The molecule has 1 amide bonds. The predicted molar refractivity (Wildman–Crippen MR) is 99.8 cm³/mol. The van der Waals surface area contributed by atoms with E-state index in [2.05, 4.69) is 5.32 Å². The monoisotopic (exact) mass is 360 g/mol. The van der Waals surface area contributed by atoms with Crippen molar-refractivity contribution in [3.8, 4) is 0 Å². The number of nitrogens with two attached hydrogens (primary N) is 1. The zero-order valence-electron chi connectivity index (χ0n) is 14.1. The fourth-order valence-corrected chi connectivity index (χ4v) is 3.74. The van der Waals surface area contributed by atoms with E-state index in [-0.39, 0.29) is 18.3 Å². The Bertz CT molecular complexity index is 762. The molecule has 1 atom stereocenters. The van der Waals surface area contributed by atoms with Gasteiger partial charge in [-0.25, -0.2) is 8.42 Å². The first-order valence-electron chi connectivity index (χ1n) is 8.28. The van der Waals surface area contributed by atoms with Crippen LogP contribution in [0.2, 0.25) is 0 Å². The van der Waals surface area contributed by atoms with Gasteiger partial charge in [0.05, 0.1) is 5.75 Å². The lowest BCUT2D eigenvalue weighted by atomic mass is 10.1. The van der Waals surface area contributed by atoms with E-state index in [4.69, 9.17) is 5.73 Å². The Labute approximate surface area is 149 Å². The first-order valence-corrected chi connectivity index (χ1v) is 10.1. The van der Waals surface area contributed by atoms with Gasteiger partial charge in [-0.2, -0.15) is 0 Å². The second-order valence-electron chi connectivity index (χ2n) is 6.00. The zero-order chi connectivity index (χ0) is 18.1. The third-order valence-corrected chi connectivity index (χ3v) is 5.47. The summed E-state index contributed by atoms with van der Waals surface area (Å²) in [6, 6.07) is 18.7. The molecule has 2 aromatic rings. The van der Waals surface area contributed by atoms with Crippen LogP contribution in [-0.4, -0.2) is 32.4 Å². The molecule has 0 fully saturated rings. The van der Waals surface area contributed by atoms with Crippen LogP contribution in [0.1, 0.15) is 23.6 Å². The topological polar surface area (TPSA) is 89.3 Å². The first-order chi connectivity index (χ1) is 12.0. The molecule has 2 rings (SSSR count). The molecule has 0 heterocycles. The van der Waals surface area contributed by atoms with Gasteiger partial charge in [-0.1, -0.05) is 60.7 Å². The molecule has 0 bridgehead atoms. The molecule has 0 aliphatic carbocycles. The number of hydrogen-bond acceptors (Lipinski definition) is 4. The molecule has 0 spiro atoms. The van der Waals surface area contributed by atoms with Gasteiger partial charge in [-0.15, -0.1) is 0 Å². The Morgan fingerprint density at radius 1 is 1.00 bits per heavy atom. The quantitative estimate of drug-likeness (QED) is 0.714. The van der Waals surface area contributed by atoms with Crippen LogP contribution >= 0.6 is 0 Å². The minimum absolute atomic E-state index is 0.0000527. The fraction of sp³-hybridized carbons (Fsp3) is 0.316. The van der Waals surface area contributed by atoms with Crippen LogP contribution in [0.5, 0.6) is 0 Å². The average molecular weight is 360 g/mol. The molecule has 5 nitrogen and oxygen atoms in total. The van der Waals surface area contributed by atoms with Crippen LogP contribution in [0.25, 0.3) is 0 Å². The van der Waals surface area contributed by atoms with Crippen molar-refractivity contribution in [1.82, 2.24) is 5.32 Å². The van der Waals surface area contributed by atoms with Crippen LogP contribution in [0, 0.1) is 0 Å². The molecule has 0 aromatic heterocycles. The van der Waals surface area contributed by atoms with E-state index in [1.54, 1.807) is 0 Å². The van der Waals surface area contributed by atoms with Gasteiger partial charge in [0, 0.05) is 12.6 Å². The van der Waals surface area contributed by atoms with Gasteiger partial charge in [0.1, 0.15) is 5.75 Å². The van der Waals surface area contributed by atoms with Gasteiger partial charge in [0.2, 0.25) is 5.91 Å². The minimum Gasteiger partial charge on any atom is -0.353 e. The highest BCUT2D eigenvalue weighted by Gasteiger charge is 2.17. The number of benzene rings is 2.